The highest BCUT2D eigenvalue weighted by atomic mass is 16.7. The Morgan fingerprint density at radius 2 is 1.77 bits per heavy atom. The third-order valence-corrected chi connectivity index (χ3v) is 5.37. The largest absolute Gasteiger partial charge is 0.494 e. The van der Waals surface area contributed by atoms with Crippen molar-refractivity contribution in [2.75, 3.05) is 11.4 Å². The smallest absolute Gasteiger partial charge is 0.443 e. The number of nitrogens with zero attached hydrogens (tertiary/aromatic N) is 1. The quantitative estimate of drug-likeness (QED) is 0.718. The molecule has 0 radical (unpaired) electrons. The molecule has 6 heteroatoms. The number of amides is 1. The van der Waals surface area contributed by atoms with E-state index in [1.807, 2.05) is 60.6 Å². The number of hydrogen-bond donors (Lipinski definition) is 0. The average molecular weight is 359 g/mol. The summed E-state index contributed by atoms with van der Waals surface area (Å²) in [7, 11) is -0.437. The highest BCUT2D eigenvalue weighted by molar-refractivity contribution is 6.62. The minimum absolute atomic E-state index is 0.301. The molecule has 1 aromatic rings. The van der Waals surface area contributed by atoms with E-state index in [2.05, 4.69) is 6.07 Å². The maximum absolute atomic E-state index is 12.7. The first-order valence-corrected chi connectivity index (χ1v) is 9.39. The second-order valence-corrected chi connectivity index (χ2v) is 9.21. The SMILES string of the molecule is CC(C)(C)OC(=O)N1CCCc2ccc(B3OC(C)(C)C(C)(C)O3)cc21. The Bertz CT molecular complexity index is 692. The molecule has 1 fully saturated rings. The Balaban J connectivity index is 1.89. The molecule has 2 heterocycles. The molecular weight excluding hydrogens is 329 g/mol. The molecule has 26 heavy (non-hydrogen) atoms. The van der Waals surface area contributed by atoms with Gasteiger partial charge in [0, 0.05) is 12.2 Å². The molecule has 142 valence electrons. The number of aryl methyl sites for hydroxylation is 1. The van der Waals surface area contributed by atoms with Gasteiger partial charge in [0.1, 0.15) is 5.60 Å². The molecule has 0 N–H and O–H groups in total. The van der Waals surface area contributed by atoms with Gasteiger partial charge in [0.25, 0.3) is 0 Å². The number of anilines is 1. The van der Waals surface area contributed by atoms with Crippen LogP contribution in [0.15, 0.2) is 18.2 Å². The normalized spacial score (nSPS) is 21.5. The number of ether oxygens (including phenoxy) is 1. The molecular formula is C20H30BNO4. The predicted octanol–water partition coefficient (Wildman–Crippen LogP) is 3.67. The van der Waals surface area contributed by atoms with Crippen molar-refractivity contribution in [3.8, 4) is 0 Å². The summed E-state index contributed by atoms with van der Waals surface area (Å²) in [6, 6.07) is 6.13. The van der Waals surface area contributed by atoms with Gasteiger partial charge in [0.15, 0.2) is 0 Å². The van der Waals surface area contributed by atoms with E-state index >= 15 is 0 Å². The molecule has 2 aliphatic heterocycles. The van der Waals surface area contributed by atoms with Crippen LogP contribution < -0.4 is 10.4 Å². The Kier molecular flexibility index (Phi) is 4.64. The van der Waals surface area contributed by atoms with Crippen LogP contribution in [0.2, 0.25) is 0 Å². The molecule has 1 aromatic carbocycles. The van der Waals surface area contributed by atoms with Crippen LogP contribution in [0.3, 0.4) is 0 Å². The molecule has 1 amide bonds. The lowest BCUT2D eigenvalue weighted by atomic mass is 9.77. The number of hydrogen-bond acceptors (Lipinski definition) is 4. The van der Waals surface area contributed by atoms with Gasteiger partial charge in [-0.05, 0) is 78.4 Å². The van der Waals surface area contributed by atoms with Crippen LogP contribution >= 0.6 is 0 Å². The summed E-state index contributed by atoms with van der Waals surface area (Å²) in [5, 5.41) is 0. The summed E-state index contributed by atoms with van der Waals surface area (Å²) in [6.45, 7) is 14.5. The lowest BCUT2D eigenvalue weighted by molar-refractivity contribution is 0.00578. The van der Waals surface area contributed by atoms with Crippen LogP contribution in [-0.4, -0.2) is 36.6 Å². The maximum Gasteiger partial charge on any atom is 0.494 e. The van der Waals surface area contributed by atoms with E-state index in [0.717, 1.165) is 29.6 Å². The zero-order valence-electron chi connectivity index (χ0n) is 17.0. The average Bonchev–Trinajstić information content (AvgIpc) is 2.72. The van der Waals surface area contributed by atoms with Gasteiger partial charge >= 0.3 is 13.2 Å². The second kappa shape index (κ2) is 6.27. The van der Waals surface area contributed by atoms with Gasteiger partial charge in [0.2, 0.25) is 0 Å². The first kappa shape index (κ1) is 19.2. The van der Waals surface area contributed by atoms with E-state index in [-0.39, 0.29) is 6.09 Å². The number of rotatable bonds is 1. The standard InChI is InChI=1S/C20H30BNO4/c1-18(2,3)24-17(23)22-12-8-9-14-10-11-15(13-16(14)22)21-25-19(4,5)20(6,7)26-21/h10-11,13H,8-9,12H2,1-7H3. The van der Waals surface area contributed by atoms with Gasteiger partial charge < -0.3 is 14.0 Å². The van der Waals surface area contributed by atoms with Gasteiger partial charge in [-0.1, -0.05) is 12.1 Å². The Morgan fingerprint density at radius 1 is 1.15 bits per heavy atom. The fraction of sp³-hybridized carbons (Fsp3) is 0.650. The summed E-state index contributed by atoms with van der Waals surface area (Å²) in [5.74, 6) is 0. The summed E-state index contributed by atoms with van der Waals surface area (Å²) < 4.78 is 17.9. The molecule has 0 spiro atoms. The summed E-state index contributed by atoms with van der Waals surface area (Å²) in [5.41, 5.74) is 1.69. The number of benzene rings is 1. The van der Waals surface area contributed by atoms with Crippen molar-refractivity contribution in [3.05, 3.63) is 23.8 Å². The third-order valence-electron chi connectivity index (χ3n) is 5.37. The fourth-order valence-electron chi connectivity index (χ4n) is 3.22. The molecule has 3 rings (SSSR count). The van der Waals surface area contributed by atoms with E-state index in [4.69, 9.17) is 14.0 Å². The zero-order chi connectivity index (χ0) is 19.3. The van der Waals surface area contributed by atoms with Gasteiger partial charge in [0.05, 0.1) is 11.2 Å². The number of carbonyl (C=O) groups is 1. The van der Waals surface area contributed by atoms with E-state index in [0.29, 0.717) is 6.54 Å². The molecule has 0 aromatic heterocycles. The van der Waals surface area contributed by atoms with Crippen molar-refractivity contribution < 1.29 is 18.8 Å². The first-order valence-electron chi connectivity index (χ1n) is 9.39. The lowest BCUT2D eigenvalue weighted by Gasteiger charge is -2.32. The van der Waals surface area contributed by atoms with Crippen molar-refractivity contribution in [3.63, 3.8) is 0 Å². The van der Waals surface area contributed by atoms with Crippen molar-refractivity contribution in [1.82, 2.24) is 0 Å². The maximum atomic E-state index is 12.7. The molecule has 0 saturated carbocycles. The van der Waals surface area contributed by atoms with Gasteiger partial charge in [-0.2, -0.15) is 0 Å². The van der Waals surface area contributed by atoms with Crippen molar-refractivity contribution >= 4 is 24.4 Å². The highest BCUT2D eigenvalue weighted by Gasteiger charge is 2.51. The van der Waals surface area contributed by atoms with Crippen molar-refractivity contribution in [2.24, 2.45) is 0 Å². The van der Waals surface area contributed by atoms with Crippen LogP contribution in [0.25, 0.3) is 0 Å². The topological polar surface area (TPSA) is 48.0 Å². The van der Waals surface area contributed by atoms with Crippen molar-refractivity contribution in [1.29, 1.82) is 0 Å². The van der Waals surface area contributed by atoms with Crippen LogP contribution in [-0.2, 0) is 20.5 Å². The summed E-state index contributed by atoms with van der Waals surface area (Å²) >= 11 is 0. The van der Waals surface area contributed by atoms with E-state index in [9.17, 15) is 4.79 Å². The molecule has 1 saturated heterocycles. The minimum atomic E-state index is -0.516. The lowest BCUT2D eigenvalue weighted by Crippen LogP contribution is -2.41. The number of carbonyl (C=O) groups excluding carboxylic acids is 1. The molecule has 0 aliphatic carbocycles. The van der Waals surface area contributed by atoms with Crippen LogP contribution in [0.4, 0.5) is 10.5 Å². The van der Waals surface area contributed by atoms with Crippen molar-refractivity contribution in [2.45, 2.75) is 78.1 Å². The van der Waals surface area contributed by atoms with Gasteiger partial charge in [-0.15, -0.1) is 0 Å². The Morgan fingerprint density at radius 3 is 2.35 bits per heavy atom. The first-order chi connectivity index (χ1) is 11.9. The van der Waals surface area contributed by atoms with Crippen LogP contribution in [0, 0.1) is 0 Å². The second-order valence-electron chi connectivity index (χ2n) is 9.21. The fourth-order valence-corrected chi connectivity index (χ4v) is 3.22. The number of fused-ring (bicyclic) bond motifs is 1. The van der Waals surface area contributed by atoms with Gasteiger partial charge in [-0.3, -0.25) is 4.90 Å². The Hall–Kier alpha value is -1.53. The van der Waals surface area contributed by atoms with E-state index < -0.39 is 23.9 Å². The molecule has 5 nitrogen and oxygen atoms in total. The van der Waals surface area contributed by atoms with E-state index in [1.165, 1.54) is 0 Å². The molecule has 0 atom stereocenters. The monoisotopic (exact) mass is 359 g/mol. The minimum Gasteiger partial charge on any atom is -0.443 e. The summed E-state index contributed by atoms with van der Waals surface area (Å²) in [6.07, 6.45) is 1.59. The molecule has 0 unspecified atom stereocenters. The molecule has 2 aliphatic rings. The van der Waals surface area contributed by atoms with Gasteiger partial charge in [-0.25, -0.2) is 4.79 Å². The molecule has 0 bridgehead atoms. The zero-order valence-corrected chi connectivity index (χ0v) is 17.0. The third kappa shape index (κ3) is 3.62. The Labute approximate surface area is 157 Å². The van der Waals surface area contributed by atoms with Crippen LogP contribution in [0.5, 0.6) is 0 Å². The summed E-state index contributed by atoms with van der Waals surface area (Å²) in [4.78, 5) is 14.4. The van der Waals surface area contributed by atoms with E-state index in [1.54, 1.807) is 4.90 Å². The highest BCUT2D eigenvalue weighted by Crippen LogP contribution is 2.37. The predicted molar refractivity (Wildman–Crippen MR) is 104 cm³/mol. The van der Waals surface area contributed by atoms with Crippen LogP contribution in [0.1, 0.15) is 60.5 Å².